The molecule has 132 valence electrons. The van der Waals surface area contributed by atoms with Gasteiger partial charge in [-0.15, -0.1) is 0 Å². The Balaban J connectivity index is 1.67. The first kappa shape index (κ1) is 17.0. The van der Waals surface area contributed by atoms with E-state index in [0.717, 1.165) is 16.8 Å². The molecule has 1 fully saturated rings. The van der Waals surface area contributed by atoms with Crippen LogP contribution in [0.3, 0.4) is 0 Å². The second-order valence-electron chi connectivity index (χ2n) is 6.43. The van der Waals surface area contributed by atoms with Gasteiger partial charge in [-0.05, 0) is 38.0 Å². The molecule has 3 rings (SSSR count). The molecule has 1 saturated heterocycles. The fourth-order valence-corrected chi connectivity index (χ4v) is 2.85. The molecule has 25 heavy (non-hydrogen) atoms. The number of likely N-dealkylation sites (tertiary alicyclic amines) is 1. The van der Waals surface area contributed by atoms with Gasteiger partial charge in [-0.25, -0.2) is 9.78 Å². The van der Waals surface area contributed by atoms with Crippen LogP contribution in [0.5, 0.6) is 0 Å². The summed E-state index contributed by atoms with van der Waals surface area (Å²) in [5, 5.41) is 5.80. The molecule has 0 spiro atoms. The molecule has 1 aromatic heterocycles. The smallest absolute Gasteiger partial charge is 0.319 e. The van der Waals surface area contributed by atoms with E-state index in [1.807, 2.05) is 32.0 Å². The van der Waals surface area contributed by atoms with Crippen molar-refractivity contribution in [2.75, 3.05) is 18.9 Å². The fourth-order valence-electron chi connectivity index (χ4n) is 2.85. The molecule has 1 aromatic carbocycles. The van der Waals surface area contributed by atoms with E-state index in [-0.39, 0.29) is 18.0 Å². The van der Waals surface area contributed by atoms with Crippen molar-refractivity contribution in [1.29, 1.82) is 0 Å². The molecule has 1 aliphatic rings. The van der Waals surface area contributed by atoms with Gasteiger partial charge in [0.25, 0.3) is 0 Å². The highest BCUT2D eigenvalue weighted by atomic mass is 16.3. The number of benzene rings is 1. The highest BCUT2D eigenvalue weighted by molar-refractivity contribution is 5.91. The Morgan fingerprint density at radius 3 is 2.84 bits per heavy atom. The van der Waals surface area contributed by atoms with Crippen LogP contribution in [-0.4, -0.2) is 41.5 Å². The number of amides is 3. The van der Waals surface area contributed by atoms with E-state index in [9.17, 15) is 9.59 Å². The third-order valence-electron chi connectivity index (χ3n) is 4.31. The second kappa shape index (κ2) is 6.96. The van der Waals surface area contributed by atoms with Crippen LogP contribution in [0, 0.1) is 13.8 Å². The predicted molar refractivity (Wildman–Crippen MR) is 94.2 cm³/mol. The molecular weight excluding hydrogens is 320 g/mol. The number of carbonyl (C=O) groups is 2. The molecule has 3 amide bonds. The number of anilines is 1. The number of carbonyl (C=O) groups excluding carboxylic acids is 2. The Labute approximate surface area is 146 Å². The number of nitrogens with zero attached hydrogens (tertiary/aromatic N) is 2. The van der Waals surface area contributed by atoms with Crippen molar-refractivity contribution in [2.24, 2.45) is 0 Å². The molecule has 0 bridgehead atoms. The first-order chi connectivity index (χ1) is 11.9. The van der Waals surface area contributed by atoms with E-state index in [0.29, 0.717) is 31.0 Å². The Hall–Kier alpha value is -2.83. The number of urea groups is 1. The molecule has 0 radical (unpaired) electrons. The quantitative estimate of drug-likeness (QED) is 0.898. The topological polar surface area (TPSA) is 87.5 Å². The normalized spacial score (nSPS) is 17.5. The van der Waals surface area contributed by atoms with Crippen LogP contribution in [0.1, 0.15) is 24.1 Å². The summed E-state index contributed by atoms with van der Waals surface area (Å²) >= 11 is 0. The van der Waals surface area contributed by atoms with Gasteiger partial charge >= 0.3 is 6.03 Å². The van der Waals surface area contributed by atoms with Crippen LogP contribution < -0.4 is 10.6 Å². The lowest BCUT2D eigenvalue weighted by atomic mass is 10.1. The second-order valence-corrected chi connectivity index (χ2v) is 6.43. The van der Waals surface area contributed by atoms with Gasteiger partial charge in [0.05, 0.1) is 5.69 Å². The largest absolute Gasteiger partial charge is 0.444 e. The van der Waals surface area contributed by atoms with Gasteiger partial charge in [-0.3, -0.25) is 4.79 Å². The number of aromatic nitrogens is 1. The maximum Gasteiger partial charge on any atom is 0.319 e. The van der Waals surface area contributed by atoms with Crippen LogP contribution >= 0.6 is 0 Å². The summed E-state index contributed by atoms with van der Waals surface area (Å²) in [5.41, 5.74) is 3.25. The van der Waals surface area contributed by atoms with E-state index < -0.39 is 0 Å². The van der Waals surface area contributed by atoms with Gasteiger partial charge in [0.1, 0.15) is 6.26 Å². The highest BCUT2D eigenvalue weighted by Gasteiger charge is 2.24. The lowest BCUT2D eigenvalue weighted by molar-refractivity contribution is -0.132. The van der Waals surface area contributed by atoms with Crippen LogP contribution in [-0.2, 0) is 4.79 Å². The van der Waals surface area contributed by atoms with Crippen LogP contribution in [0.4, 0.5) is 10.5 Å². The van der Waals surface area contributed by atoms with Crippen LogP contribution in [0.15, 0.2) is 28.9 Å². The summed E-state index contributed by atoms with van der Waals surface area (Å²) in [6, 6.07) is 5.34. The molecule has 2 N–H and O–H groups in total. The Bertz CT molecular complexity index is 799. The molecule has 7 nitrogen and oxygen atoms in total. The number of aryl methyl sites for hydroxylation is 2. The zero-order valence-corrected chi connectivity index (χ0v) is 14.6. The maximum atomic E-state index is 12.3. The number of oxazole rings is 1. The molecule has 0 aliphatic carbocycles. The molecule has 2 heterocycles. The van der Waals surface area contributed by atoms with Gasteiger partial charge in [0.15, 0.2) is 0 Å². The van der Waals surface area contributed by atoms with Gasteiger partial charge in [0.2, 0.25) is 11.8 Å². The SMILES string of the molecule is Cc1coc(-c2ccc(C)c(NC(=O)NC3CCC(=O)N(C)C3)c2)n1. The molecule has 0 saturated carbocycles. The van der Waals surface area contributed by atoms with Crippen molar-refractivity contribution < 1.29 is 14.0 Å². The van der Waals surface area contributed by atoms with Gasteiger partial charge in [-0.2, -0.15) is 0 Å². The number of piperidine rings is 1. The first-order valence-corrected chi connectivity index (χ1v) is 8.27. The molecule has 1 atom stereocenters. The van der Waals surface area contributed by atoms with Gasteiger partial charge in [-0.1, -0.05) is 6.07 Å². The van der Waals surface area contributed by atoms with Gasteiger partial charge < -0.3 is 20.0 Å². The van der Waals surface area contributed by atoms with Crippen molar-refractivity contribution >= 4 is 17.6 Å². The standard InChI is InChI=1S/C18H22N4O3/c1-11-4-5-13(17-19-12(2)10-25-17)8-15(11)21-18(24)20-14-6-7-16(23)22(3)9-14/h4-5,8,10,14H,6-7,9H2,1-3H3,(H2,20,21,24). The lowest BCUT2D eigenvalue weighted by Crippen LogP contribution is -2.49. The van der Waals surface area contributed by atoms with Crippen LogP contribution in [0.2, 0.25) is 0 Å². The zero-order valence-electron chi connectivity index (χ0n) is 14.6. The monoisotopic (exact) mass is 342 g/mol. The molecule has 1 aliphatic heterocycles. The fraction of sp³-hybridized carbons (Fsp3) is 0.389. The number of hydrogen-bond acceptors (Lipinski definition) is 4. The Morgan fingerprint density at radius 2 is 2.16 bits per heavy atom. The summed E-state index contributed by atoms with van der Waals surface area (Å²) in [6.07, 6.45) is 2.71. The van der Waals surface area contributed by atoms with Crippen molar-refractivity contribution in [2.45, 2.75) is 32.7 Å². The number of likely N-dealkylation sites (N-methyl/N-ethyl adjacent to an activating group) is 1. The van der Waals surface area contributed by atoms with Crippen molar-refractivity contribution in [1.82, 2.24) is 15.2 Å². The average Bonchev–Trinajstić information content (AvgIpc) is 2.99. The summed E-state index contributed by atoms with van der Waals surface area (Å²) in [5.74, 6) is 0.636. The zero-order chi connectivity index (χ0) is 18.0. The Kier molecular flexibility index (Phi) is 4.74. The number of hydrogen-bond donors (Lipinski definition) is 2. The number of rotatable bonds is 3. The van der Waals surface area contributed by atoms with Gasteiger partial charge in [0, 0.05) is 37.3 Å². The van der Waals surface area contributed by atoms with E-state index in [1.165, 1.54) is 0 Å². The molecule has 7 heteroatoms. The lowest BCUT2D eigenvalue weighted by Gasteiger charge is -2.30. The minimum atomic E-state index is -0.281. The predicted octanol–water partition coefficient (Wildman–Crippen LogP) is 2.70. The van der Waals surface area contributed by atoms with E-state index in [2.05, 4.69) is 15.6 Å². The highest BCUT2D eigenvalue weighted by Crippen LogP contribution is 2.25. The van der Waals surface area contributed by atoms with Crippen LogP contribution in [0.25, 0.3) is 11.5 Å². The van der Waals surface area contributed by atoms with E-state index >= 15 is 0 Å². The summed E-state index contributed by atoms with van der Waals surface area (Å²) in [4.78, 5) is 29.8. The summed E-state index contributed by atoms with van der Waals surface area (Å²) in [6.45, 7) is 4.31. The van der Waals surface area contributed by atoms with E-state index in [1.54, 1.807) is 18.2 Å². The van der Waals surface area contributed by atoms with Crippen molar-refractivity contribution in [3.8, 4) is 11.5 Å². The molecule has 2 aromatic rings. The molecular formula is C18H22N4O3. The summed E-state index contributed by atoms with van der Waals surface area (Å²) in [7, 11) is 1.75. The van der Waals surface area contributed by atoms with Crippen molar-refractivity contribution in [3.63, 3.8) is 0 Å². The maximum absolute atomic E-state index is 12.3. The minimum Gasteiger partial charge on any atom is -0.444 e. The minimum absolute atomic E-state index is 0.0411. The average molecular weight is 342 g/mol. The third-order valence-corrected chi connectivity index (χ3v) is 4.31. The van der Waals surface area contributed by atoms with Crippen molar-refractivity contribution in [3.05, 3.63) is 35.7 Å². The number of nitrogens with one attached hydrogen (secondary N) is 2. The Morgan fingerprint density at radius 1 is 1.36 bits per heavy atom. The molecule has 1 unspecified atom stereocenters. The third kappa shape index (κ3) is 3.99. The summed E-state index contributed by atoms with van der Waals surface area (Å²) < 4.78 is 5.42. The van der Waals surface area contributed by atoms with E-state index in [4.69, 9.17) is 4.42 Å². The first-order valence-electron chi connectivity index (χ1n) is 8.27.